The summed E-state index contributed by atoms with van der Waals surface area (Å²) in [5, 5.41) is 23.2. The van der Waals surface area contributed by atoms with Crippen molar-refractivity contribution < 1.29 is 9.72 Å². The molecule has 1 unspecified atom stereocenters. The number of carbonyl (C=O) groups is 1. The van der Waals surface area contributed by atoms with Crippen LogP contribution in [0, 0.1) is 33.3 Å². The number of carbonyl (C=O) groups excluding carboxylic acids is 1. The van der Waals surface area contributed by atoms with Gasteiger partial charge in [-0.15, -0.1) is 10.2 Å². The molecule has 0 spiro atoms. The number of nitrogens with one attached hydrogen (secondary N) is 1. The minimum absolute atomic E-state index is 0.0696. The number of hydrogen-bond acceptors (Lipinski definition) is 6. The number of nitro groups is 1. The number of aryl methyl sites for hydroxylation is 1. The van der Waals surface area contributed by atoms with Crippen LogP contribution in [0.1, 0.15) is 55.8 Å². The Morgan fingerprint density at radius 3 is 2.45 bits per heavy atom. The Morgan fingerprint density at radius 1 is 1.26 bits per heavy atom. The third-order valence-electron chi connectivity index (χ3n) is 7.64. The summed E-state index contributed by atoms with van der Waals surface area (Å²) in [5.74, 6) is 2.19. The van der Waals surface area contributed by atoms with Crippen LogP contribution in [0.15, 0.2) is 34.6 Å². The van der Waals surface area contributed by atoms with E-state index in [9.17, 15) is 14.9 Å². The fourth-order valence-electron chi connectivity index (χ4n) is 6.49. The van der Waals surface area contributed by atoms with Crippen molar-refractivity contribution >= 4 is 23.4 Å². The molecule has 1 aromatic heterocycles. The lowest BCUT2D eigenvalue weighted by Crippen LogP contribution is -2.55. The number of nitrogens with zero attached hydrogens (tertiary/aromatic N) is 4. The molecule has 164 valence electrons. The van der Waals surface area contributed by atoms with E-state index in [1.165, 1.54) is 44.6 Å². The molecule has 0 aliphatic heterocycles. The average Bonchev–Trinajstić information content (AvgIpc) is 3.11. The maximum Gasteiger partial charge on any atom is 0.284 e. The monoisotopic (exact) mass is 441 g/mol. The van der Waals surface area contributed by atoms with Crippen LogP contribution in [0.25, 0.3) is 0 Å². The number of benzene rings is 1. The van der Waals surface area contributed by atoms with Crippen molar-refractivity contribution in [2.24, 2.45) is 30.2 Å². The van der Waals surface area contributed by atoms with Gasteiger partial charge in [-0.1, -0.05) is 0 Å². The summed E-state index contributed by atoms with van der Waals surface area (Å²) in [5.41, 5.74) is 0.422. The normalized spacial score (nSPS) is 29.7. The second kappa shape index (κ2) is 7.62. The van der Waals surface area contributed by atoms with Crippen molar-refractivity contribution in [2.75, 3.05) is 0 Å². The van der Waals surface area contributed by atoms with Crippen molar-refractivity contribution in [3.8, 4) is 0 Å². The first-order chi connectivity index (χ1) is 14.8. The molecule has 1 amide bonds. The summed E-state index contributed by atoms with van der Waals surface area (Å²) in [6.45, 7) is 2.12. The van der Waals surface area contributed by atoms with Crippen LogP contribution in [-0.4, -0.2) is 31.6 Å². The summed E-state index contributed by atoms with van der Waals surface area (Å²) in [4.78, 5) is 24.7. The Hall–Kier alpha value is -2.42. The highest BCUT2D eigenvalue weighted by Gasteiger charge is 2.53. The lowest BCUT2D eigenvalue weighted by Gasteiger charge is -2.59. The standard InChI is InChI=1S/C22H27N5O3S/c1-13(22-9-14-5-15(10-22)7-16(6-14)11-22)24-20(28)17-3-4-19(18(8-17)27(29)30)31-21-25-23-12-26(21)2/h3-4,8,12-16H,5-7,9-11H2,1-2H3,(H,24,28). The maximum absolute atomic E-state index is 13.0. The average molecular weight is 442 g/mol. The highest BCUT2D eigenvalue weighted by Crippen LogP contribution is 2.61. The summed E-state index contributed by atoms with van der Waals surface area (Å²) in [6, 6.07) is 4.73. The molecule has 4 bridgehead atoms. The molecule has 1 aromatic carbocycles. The summed E-state index contributed by atoms with van der Waals surface area (Å²) >= 11 is 1.16. The zero-order valence-electron chi connectivity index (χ0n) is 17.8. The van der Waals surface area contributed by atoms with E-state index < -0.39 is 4.92 Å². The van der Waals surface area contributed by atoms with E-state index in [4.69, 9.17) is 0 Å². The predicted octanol–water partition coefficient (Wildman–Crippen LogP) is 4.21. The number of rotatable bonds is 6. The fraction of sp³-hybridized carbons (Fsp3) is 0.591. The van der Waals surface area contributed by atoms with Crippen LogP contribution in [0.3, 0.4) is 0 Å². The van der Waals surface area contributed by atoms with Crippen LogP contribution < -0.4 is 5.32 Å². The second-order valence-corrected chi connectivity index (χ2v) is 10.8. The van der Waals surface area contributed by atoms with E-state index in [1.54, 1.807) is 30.1 Å². The zero-order chi connectivity index (χ0) is 21.8. The van der Waals surface area contributed by atoms with Gasteiger partial charge in [-0.05, 0) is 92.5 Å². The van der Waals surface area contributed by atoms with Gasteiger partial charge in [0.15, 0.2) is 5.16 Å². The Labute approximate surface area is 185 Å². The Kier molecular flexibility index (Phi) is 5.03. The molecule has 2 aromatic rings. The summed E-state index contributed by atoms with van der Waals surface area (Å²) < 4.78 is 1.70. The fourth-order valence-corrected chi connectivity index (χ4v) is 7.34. The van der Waals surface area contributed by atoms with Gasteiger partial charge < -0.3 is 9.88 Å². The molecule has 0 radical (unpaired) electrons. The molecule has 1 heterocycles. The molecule has 0 saturated heterocycles. The molecular weight excluding hydrogens is 414 g/mol. The highest BCUT2D eigenvalue weighted by atomic mass is 32.2. The van der Waals surface area contributed by atoms with Gasteiger partial charge in [0, 0.05) is 24.7 Å². The van der Waals surface area contributed by atoms with Gasteiger partial charge in [-0.3, -0.25) is 14.9 Å². The first kappa shape index (κ1) is 20.5. The van der Waals surface area contributed by atoms with Gasteiger partial charge in [-0.25, -0.2) is 0 Å². The van der Waals surface area contributed by atoms with Crippen molar-refractivity contribution in [1.29, 1.82) is 0 Å². The van der Waals surface area contributed by atoms with E-state index in [2.05, 4.69) is 22.4 Å². The van der Waals surface area contributed by atoms with Crippen LogP contribution in [0.4, 0.5) is 5.69 Å². The van der Waals surface area contributed by atoms with Gasteiger partial charge in [0.05, 0.1) is 9.82 Å². The summed E-state index contributed by atoms with van der Waals surface area (Å²) in [7, 11) is 1.78. The van der Waals surface area contributed by atoms with Crippen LogP contribution in [-0.2, 0) is 7.05 Å². The molecule has 4 aliphatic carbocycles. The number of aromatic nitrogens is 3. The zero-order valence-corrected chi connectivity index (χ0v) is 18.6. The minimum Gasteiger partial charge on any atom is -0.349 e. The van der Waals surface area contributed by atoms with E-state index in [0.717, 1.165) is 29.5 Å². The Morgan fingerprint density at radius 2 is 1.90 bits per heavy atom. The molecular formula is C22H27N5O3S. The number of hydrogen-bond donors (Lipinski definition) is 1. The van der Waals surface area contributed by atoms with E-state index in [1.807, 2.05) is 0 Å². The lowest BCUT2D eigenvalue weighted by molar-refractivity contribution is -0.387. The third kappa shape index (κ3) is 3.73. The quantitative estimate of drug-likeness (QED) is 0.532. The molecule has 4 fully saturated rings. The lowest BCUT2D eigenvalue weighted by atomic mass is 9.48. The van der Waals surface area contributed by atoms with Crippen LogP contribution >= 0.6 is 11.8 Å². The third-order valence-corrected chi connectivity index (χ3v) is 8.76. The Bertz CT molecular complexity index is 1000. The molecule has 8 nitrogen and oxygen atoms in total. The van der Waals surface area contributed by atoms with Crippen LogP contribution in [0.5, 0.6) is 0 Å². The van der Waals surface area contributed by atoms with E-state index >= 15 is 0 Å². The molecule has 6 rings (SSSR count). The first-order valence-corrected chi connectivity index (χ1v) is 11.8. The Balaban J connectivity index is 1.34. The van der Waals surface area contributed by atoms with Crippen molar-refractivity contribution in [2.45, 2.75) is 61.5 Å². The van der Waals surface area contributed by atoms with Crippen molar-refractivity contribution in [3.63, 3.8) is 0 Å². The van der Waals surface area contributed by atoms with Gasteiger partial charge in [0.25, 0.3) is 11.6 Å². The summed E-state index contributed by atoms with van der Waals surface area (Å²) in [6.07, 6.45) is 9.22. The molecule has 31 heavy (non-hydrogen) atoms. The highest BCUT2D eigenvalue weighted by molar-refractivity contribution is 7.99. The van der Waals surface area contributed by atoms with E-state index in [-0.39, 0.29) is 23.1 Å². The van der Waals surface area contributed by atoms with Gasteiger partial charge >= 0.3 is 0 Å². The largest absolute Gasteiger partial charge is 0.349 e. The van der Waals surface area contributed by atoms with Crippen LogP contribution in [0.2, 0.25) is 0 Å². The SMILES string of the molecule is CC(NC(=O)c1ccc(Sc2nncn2C)c([N+](=O)[O-])c1)C12CC3CC(CC(C3)C1)C2. The molecule has 1 atom stereocenters. The van der Waals surface area contributed by atoms with Gasteiger partial charge in [-0.2, -0.15) is 0 Å². The predicted molar refractivity (Wildman–Crippen MR) is 116 cm³/mol. The number of amides is 1. The second-order valence-electron chi connectivity index (χ2n) is 9.74. The topological polar surface area (TPSA) is 103 Å². The molecule has 1 N–H and O–H groups in total. The van der Waals surface area contributed by atoms with Crippen molar-refractivity contribution in [1.82, 2.24) is 20.1 Å². The van der Waals surface area contributed by atoms with Gasteiger partial charge in [0.2, 0.25) is 0 Å². The smallest absolute Gasteiger partial charge is 0.284 e. The number of nitro benzene ring substituents is 1. The van der Waals surface area contributed by atoms with E-state index in [0.29, 0.717) is 15.6 Å². The molecule has 4 saturated carbocycles. The maximum atomic E-state index is 13.0. The molecule has 9 heteroatoms. The minimum atomic E-state index is -0.446. The van der Waals surface area contributed by atoms with Gasteiger partial charge in [0.1, 0.15) is 6.33 Å². The first-order valence-electron chi connectivity index (χ1n) is 10.9. The molecule has 4 aliphatic rings. The van der Waals surface area contributed by atoms with Crippen molar-refractivity contribution in [3.05, 3.63) is 40.2 Å².